The lowest BCUT2D eigenvalue weighted by Gasteiger charge is -2.40. The SMILES string of the molecule is CCC(C)C1NC(=O)C(CC)N(CCOCC(C)C)C1=O. The monoisotopic (exact) mass is 298 g/mol. The van der Waals surface area contributed by atoms with Gasteiger partial charge in [0.05, 0.1) is 6.61 Å². The molecule has 1 rings (SSSR count). The zero-order chi connectivity index (χ0) is 16.0. The molecular weight excluding hydrogens is 268 g/mol. The normalized spacial score (nSPS) is 24.4. The Morgan fingerprint density at radius 1 is 1.24 bits per heavy atom. The summed E-state index contributed by atoms with van der Waals surface area (Å²) in [5.74, 6) is 0.619. The van der Waals surface area contributed by atoms with Crippen LogP contribution in [0.2, 0.25) is 0 Å². The smallest absolute Gasteiger partial charge is 0.246 e. The van der Waals surface area contributed by atoms with Crippen molar-refractivity contribution in [1.82, 2.24) is 10.2 Å². The van der Waals surface area contributed by atoms with Gasteiger partial charge in [0.25, 0.3) is 0 Å². The van der Waals surface area contributed by atoms with Gasteiger partial charge in [0.1, 0.15) is 12.1 Å². The third-order valence-electron chi connectivity index (χ3n) is 4.05. The standard InChI is InChI=1S/C16H30N2O3/c1-6-12(5)14-16(20)18(8-9-21-10-11(3)4)13(7-2)15(19)17-14/h11-14H,6-10H2,1-5H3,(H,17,19). The molecule has 0 radical (unpaired) electrons. The van der Waals surface area contributed by atoms with E-state index in [4.69, 9.17) is 4.74 Å². The van der Waals surface area contributed by atoms with E-state index >= 15 is 0 Å². The van der Waals surface area contributed by atoms with Crippen molar-refractivity contribution in [2.75, 3.05) is 19.8 Å². The van der Waals surface area contributed by atoms with Crippen LogP contribution >= 0.6 is 0 Å². The Balaban J connectivity index is 2.69. The lowest BCUT2D eigenvalue weighted by atomic mass is 9.93. The van der Waals surface area contributed by atoms with Gasteiger partial charge in [0, 0.05) is 13.2 Å². The average molecular weight is 298 g/mol. The molecule has 0 aromatic carbocycles. The summed E-state index contributed by atoms with van der Waals surface area (Å²) in [6.07, 6.45) is 1.50. The van der Waals surface area contributed by atoms with Crippen LogP contribution in [-0.4, -0.2) is 48.6 Å². The van der Waals surface area contributed by atoms with E-state index in [0.717, 1.165) is 6.42 Å². The number of nitrogens with zero attached hydrogens (tertiary/aromatic N) is 1. The van der Waals surface area contributed by atoms with Crippen LogP contribution in [0.5, 0.6) is 0 Å². The molecule has 0 aromatic rings. The molecule has 1 N–H and O–H groups in total. The van der Waals surface area contributed by atoms with Crippen molar-refractivity contribution in [3.63, 3.8) is 0 Å². The zero-order valence-corrected chi connectivity index (χ0v) is 14.0. The van der Waals surface area contributed by atoms with Crippen molar-refractivity contribution in [3.05, 3.63) is 0 Å². The van der Waals surface area contributed by atoms with Gasteiger partial charge in [-0.3, -0.25) is 9.59 Å². The number of amides is 2. The summed E-state index contributed by atoms with van der Waals surface area (Å²) in [4.78, 5) is 26.5. The first-order valence-corrected chi connectivity index (χ1v) is 8.10. The maximum absolute atomic E-state index is 12.6. The number of hydrogen-bond donors (Lipinski definition) is 1. The van der Waals surface area contributed by atoms with E-state index in [1.165, 1.54) is 0 Å². The van der Waals surface area contributed by atoms with E-state index < -0.39 is 6.04 Å². The fourth-order valence-corrected chi connectivity index (χ4v) is 2.56. The molecule has 0 aromatic heterocycles. The number of piperazine rings is 1. The molecule has 1 fully saturated rings. The third kappa shape index (κ3) is 4.70. The van der Waals surface area contributed by atoms with Crippen molar-refractivity contribution in [1.29, 1.82) is 0 Å². The summed E-state index contributed by atoms with van der Waals surface area (Å²) in [6.45, 7) is 11.8. The van der Waals surface area contributed by atoms with Gasteiger partial charge in [-0.2, -0.15) is 0 Å². The first kappa shape index (κ1) is 18.0. The van der Waals surface area contributed by atoms with Gasteiger partial charge in [-0.25, -0.2) is 0 Å². The van der Waals surface area contributed by atoms with Crippen LogP contribution < -0.4 is 5.32 Å². The summed E-state index contributed by atoms with van der Waals surface area (Å²) < 4.78 is 5.57. The molecule has 3 unspecified atom stereocenters. The molecule has 3 atom stereocenters. The Hall–Kier alpha value is -1.10. The number of carbonyl (C=O) groups is 2. The van der Waals surface area contributed by atoms with E-state index in [0.29, 0.717) is 32.1 Å². The van der Waals surface area contributed by atoms with Gasteiger partial charge in [0.15, 0.2) is 0 Å². The minimum absolute atomic E-state index is 0.0314. The van der Waals surface area contributed by atoms with Crippen LogP contribution in [0.25, 0.3) is 0 Å². The van der Waals surface area contributed by atoms with Crippen LogP contribution in [0.1, 0.15) is 47.5 Å². The van der Waals surface area contributed by atoms with E-state index in [2.05, 4.69) is 19.2 Å². The number of nitrogens with one attached hydrogen (secondary N) is 1. The molecule has 122 valence electrons. The highest BCUT2D eigenvalue weighted by atomic mass is 16.5. The molecule has 1 saturated heterocycles. The molecule has 5 heteroatoms. The average Bonchev–Trinajstić information content (AvgIpc) is 2.45. The fourth-order valence-electron chi connectivity index (χ4n) is 2.56. The van der Waals surface area contributed by atoms with E-state index in [-0.39, 0.29) is 23.8 Å². The van der Waals surface area contributed by atoms with Crippen molar-refractivity contribution in [2.45, 2.75) is 59.5 Å². The number of rotatable bonds is 8. The number of hydrogen-bond acceptors (Lipinski definition) is 3. The Bertz CT molecular complexity index is 357. The molecule has 1 aliphatic rings. The first-order valence-electron chi connectivity index (χ1n) is 8.10. The van der Waals surface area contributed by atoms with Gasteiger partial charge >= 0.3 is 0 Å². The second-order valence-corrected chi connectivity index (χ2v) is 6.30. The maximum Gasteiger partial charge on any atom is 0.246 e. The van der Waals surface area contributed by atoms with E-state index in [1.807, 2.05) is 20.8 Å². The lowest BCUT2D eigenvalue weighted by Crippen LogP contribution is -2.65. The molecule has 5 nitrogen and oxygen atoms in total. The quantitative estimate of drug-likeness (QED) is 0.695. The molecule has 0 aliphatic carbocycles. The fraction of sp³-hybridized carbons (Fsp3) is 0.875. The van der Waals surface area contributed by atoms with Crippen molar-refractivity contribution in [2.24, 2.45) is 11.8 Å². The van der Waals surface area contributed by atoms with E-state index in [9.17, 15) is 9.59 Å². The predicted molar refractivity (Wildman–Crippen MR) is 82.8 cm³/mol. The van der Waals surface area contributed by atoms with Crippen molar-refractivity contribution < 1.29 is 14.3 Å². The molecule has 0 saturated carbocycles. The van der Waals surface area contributed by atoms with Crippen LogP contribution in [-0.2, 0) is 14.3 Å². The molecule has 21 heavy (non-hydrogen) atoms. The maximum atomic E-state index is 12.6. The summed E-state index contributed by atoms with van der Waals surface area (Å²) in [5, 5.41) is 2.89. The molecule has 0 spiro atoms. The van der Waals surface area contributed by atoms with Crippen LogP contribution in [0.4, 0.5) is 0 Å². The van der Waals surface area contributed by atoms with Crippen LogP contribution in [0.15, 0.2) is 0 Å². The van der Waals surface area contributed by atoms with Gasteiger partial charge < -0.3 is 15.0 Å². The number of carbonyl (C=O) groups excluding carboxylic acids is 2. The third-order valence-corrected chi connectivity index (χ3v) is 4.05. The lowest BCUT2D eigenvalue weighted by molar-refractivity contribution is -0.151. The van der Waals surface area contributed by atoms with Crippen molar-refractivity contribution in [3.8, 4) is 0 Å². The highest BCUT2D eigenvalue weighted by molar-refractivity contribution is 5.97. The Morgan fingerprint density at radius 2 is 1.90 bits per heavy atom. The molecule has 1 aliphatic heterocycles. The minimum Gasteiger partial charge on any atom is -0.379 e. The van der Waals surface area contributed by atoms with Gasteiger partial charge in [-0.15, -0.1) is 0 Å². The topological polar surface area (TPSA) is 58.6 Å². The largest absolute Gasteiger partial charge is 0.379 e. The second-order valence-electron chi connectivity index (χ2n) is 6.30. The summed E-state index contributed by atoms with van der Waals surface area (Å²) >= 11 is 0. The summed E-state index contributed by atoms with van der Waals surface area (Å²) in [7, 11) is 0. The number of ether oxygens (including phenoxy) is 1. The first-order chi connectivity index (χ1) is 9.92. The van der Waals surface area contributed by atoms with Crippen molar-refractivity contribution >= 4 is 11.8 Å². The minimum atomic E-state index is -0.393. The zero-order valence-electron chi connectivity index (χ0n) is 14.0. The summed E-state index contributed by atoms with van der Waals surface area (Å²) in [6, 6.07) is -0.754. The molecule has 0 bridgehead atoms. The Kier molecular flexibility index (Phi) is 7.15. The highest BCUT2D eigenvalue weighted by Crippen LogP contribution is 2.19. The van der Waals surface area contributed by atoms with Crippen LogP contribution in [0, 0.1) is 11.8 Å². The van der Waals surface area contributed by atoms with Crippen LogP contribution in [0.3, 0.4) is 0 Å². The molecular formula is C16H30N2O3. The Morgan fingerprint density at radius 3 is 2.43 bits per heavy atom. The molecule has 2 amide bonds. The highest BCUT2D eigenvalue weighted by Gasteiger charge is 2.40. The van der Waals surface area contributed by atoms with Gasteiger partial charge in [0.2, 0.25) is 11.8 Å². The molecule has 1 heterocycles. The second kappa shape index (κ2) is 8.37. The van der Waals surface area contributed by atoms with Gasteiger partial charge in [-0.05, 0) is 18.3 Å². The summed E-state index contributed by atoms with van der Waals surface area (Å²) in [5.41, 5.74) is 0. The predicted octanol–water partition coefficient (Wildman–Crippen LogP) is 1.81. The van der Waals surface area contributed by atoms with Gasteiger partial charge in [-0.1, -0.05) is 41.0 Å². The Labute approximate surface area is 128 Å². The van der Waals surface area contributed by atoms with E-state index in [1.54, 1.807) is 4.90 Å².